The molecule has 2 atom stereocenters. The molecule has 1 fully saturated rings. The van der Waals surface area contributed by atoms with E-state index in [2.05, 4.69) is 21.2 Å². The largest absolute Gasteiger partial charge is 0.451 e. The topological polar surface area (TPSA) is 64.6 Å². The molecule has 0 aromatic heterocycles. The standard InChI is InChI=1S/C14H15BrFNO4/c1-8(21-14(19)12-3-2-6-20-12)13(18)17-11-5-4-9(15)7-10(11)16/h4-5,7-8,12H,2-3,6H2,1H3,(H,17,18)/t8-,12-/m1/s1. The van der Waals surface area contributed by atoms with Gasteiger partial charge in [-0.05, 0) is 38.0 Å². The van der Waals surface area contributed by atoms with E-state index in [0.29, 0.717) is 17.5 Å². The normalized spacial score (nSPS) is 19.1. The van der Waals surface area contributed by atoms with Crippen LogP contribution in [0, 0.1) is 5.82 Å². The summed E-state index contributed by atoms with van der Waals surface area (Å²) in [7, 11) is 0. The SMILES string of the molecule is C[C@@H](OC(=O)[C@H]1CCCO1)C(=O)Nc1ccc(Br)cc1F. The first-order valence-electron chi connectivity index (χ1n) is 6.55. The summed E-state index contributed by atoms with van der Waals surface area (Å²) in [5.41, 5.74) is 0.0308. The van der Waals surface area contributed by atoms with E-state index < -0.39 is 29.9 Å². The monoisotopic (exact) mass is 359 g/mol. The molecule has 1 heterocycles. The molecule has 1 aromatic rings. The van der Waals surface area contributed by atoms with Crippen LogP contribution in [0.5, 0.6) is 0 Å². The number of carbonyl (C=O) groups excluding carboxylic acids is 2. The Morgan fingerprint density at radius 1 is 1.52 bits per heavy atom. The van der Waals surface area contributed by atoms with Gasteiger partial charge in [-0.3, -0.25) is 4.79 Å². The second-order valence-corrected chi connectivity index (χ2v) is 5.61. The van der Waals surface area contributed by atoms with E-state index in [4.69, 9.17) is 9.47 Å². The minimum Gasteiger partial charge on any atom is -0.451 e. The van der Waals surface area contributed by atoms with Crippen molar-refractivity contribution in [2.24, 2.45) is 0 Å². The quantitative estimate of drug-likeness (QED) is 0.839. The highest BCUT2D eigenvalue weighted by atomic mass is 79.9. The summed E-state index contributed by atoms with van der Waals surface area (Å²) in [6.45, 7) is 1.95. The zero-order valence-electron chi connectivity index (χ0n) is 11.4. The molecule has 1 aliphatic heterocycles. The van der Waals surface area contributed by atoms with E-state index in [-0.39, 0.29) is 5.69 Å². The molecule has 1 aliphatic rings. The molecule has 2 rings (SSSR count). The molecule has 0 aliphatic carbocycles. The molecule has 5 nitrogen and oxygen atoms in total. The fourth-order valence-corrected chi connectivity index (χ4v) is 2.23. The highest BCUT2D eigenvalue weighted by Gasteiger charge is 2.28. The number of halogens is 2. The number of amides is 1. The van der Waals surface area contributed by atoms with E-state index in [1.807, 2.05) is 0 Å². The third kappa shape index (κ3) is 4.25. The van der Waals surface area contributed by atoms with E-state index in [9.17, 15) is 14.0 Å². The van der Waals surface area contributed by atoms with Crippen LogP contribution in [0.15, 0.2) is 22.7 Å². The van der Waals surface area contributed by atoms with E-state index in [1.165, 1.54) is 19.1 Å². The highest BCUT2D eigenvalue weighted by Crippen LogP contribution is 2.20. The Bertz CT molecular complexity index is 546. The van der Waals surface area contributed by atoms with Crippen molar-refractivity contribution in [3.8, 4) is 0 Å². The summed E-state index contributed by atoms with van der Waals surface area (Å²) in [4.78, 5) is 23.6. The molecule has 21 heavy (non-hydrogen) atoms. The van der Waals surface area contributed by atoms with Crippen molar-refractivity contribution in [1.29, 1.82) is 0 Å². The van der Waals surface area contributed by atoms with Crippen molar-refractivity contribution >= 4 is 33.5 Å². The number of carbonyl (C=O) groups is 2. The van der Waals surface area contributed by atoms with Gasteiger partial charge in [-0.15, -0.1) is 0 Å². The average Bonchev–Trinajstić information content (AvgIpc) is 2.95. The molecule has 0 spiro atoms. The zero-order chi connectivity index (χ0) is 15.4. The number of esters is 1. The average molecular weight is 360 g/mol. The van der Waals surface area contributed by atoms with E-state index in [0.717, 1.165) is 6.42 Å². The van der Waals surface area contributed by atoms with Crippen molar-refractivity contribution in [3.63, 3.8) is 0 Å². The van der Waals surface area contributed by atoms with Gasteiger partial charge < -0.3 is 14.8 Å². The van der Waals surface area contributed by atoms with Gasteiger partial charge >= 0.3 is 5.97 Å². The lowest BCUT2D eigenvalue weighted by Gasteiger charge is -2.16. The lowest BCUT2D eigenvalue weighted by atomic mass is 10.2. The highest BCUT2D eigenvalue weighted by molar-refractivity contribution is 9.10. The van der Waals surface area contributed by atoms with Crippen LogP contribution in [0.3, 0.4) is 0 Å². The third-order valence-corrected chi connectivity index (χ3v) is 3.54. The number of benzene rings is 1. The molecular formula is C14H15BrFNO4. The van der Waals surface area contributed by atoms with Crippen LogP contribution in [0.1, 0.15) is 19.8 Å². The number of nitrogens with one attached hydrogen (secondary N) is 1. The van der Waals surface area contributed by atoms with Crippen LogP contribution in [0.4, 0.5) is 10.1 Å². The number of rotatable bonds is 4. The maximum absolute atomic E-state index is 13.6. The minimum atomic E-state index is -1.02. The van der Waals surface area contributed by atoms with E-state index in [1.54, 1.807) is 6.07 Å². The second kappa shape index (κ2) is 7.00. The summed E-state index contributed by atoms with van der Waals surface area (Å²) in [6, 6.07) is 4.26. The Labute approximate surface area is 129 Å². The molecule has 0 saturated carbocycles. The van der Waals surface area contributed by atoms with Crippen LogP contribution in [-0.4, -0.2) is 30.7 Å². The fourth-order valence-electron chi connectivity index (χ4n) is 1.89. The van der Waals surface area contributed by atoms with Gasteiger partial charge in [-0.1, -0.05) is 15.9 Å². The Hall–Kier alpha value is -1.47. The fraction of sp³-hybridized carbons (Fsp3) is 0.429. The molecule has 0 radical (unpaired) electrons. The molecule has 0 unspecified atom stereocenters. The van der Waals surface area contributed by atoms with Gasteiger partial charge in [0.1, 0.15) is 5.82 Å². The summed E-state index contributed by atoms with van der Waals surface area (Å²) >= 11 is 3.13. The second-order valence-electron chi connectivity index (χ2n) is 4.69. The Morgan fingerprint density at radius 2 is 2.29 bits per heavy atom. The molecule has 114 valence electrons. The Kier molecular flexibility index (Phi) is 5.30. The number of hydrogen-bond donors (Lipinski definition) is 1. The van der Waals surface area contributed by atoms with Gasteiger partial charge in [0, 0.05) is 11.1 Å². The molecule has 1 N–H and O–H groups in total. The lowest BCUT2D eigenvalue weighted by molar-refractivity contribution is -0.162. The minimum absolute atomic E-state index is 0.0308. The first-order valence-corrected chi connectivity index (χ1v) is 7.34. The summed E-state index contributed by atoms with van der Waals surface area (Å²) < 4.78 is 24.4. The van der Waals surface area contributed by atoms with Gasteiger partial charge in [-0.2, -0.15) is 0 Å². The zero-order valence-corrected chi connectivity index (χ0v) is 13.0. The molecule has 1 amide bonds. The summed E-state index contributed by atoms with van der Waals surface area (Å²) in [5.74, 6) is -1.73. The van der Waals surface area contributed by atoms with Crippen molar-refractivity contribution in [2.75, 3.05) is 11.9 Å². The summed E-state index contributed by atoms with van der Waals surface area (Å²) in [5, 5.41) is 2.38. The van der Waals surface area contributed by atoms with Crippen LogP contribution < -0.4 is 5.32 Å². The van der Waals surface area contributed by atoms with Crippen molar-refractivity contribution in [3.05, 3.63) is 28.5 Å². The van der Waals surface area contributed by atoms with Crippen molar-refractivity contribution < 1.29 is 23.5 Å². The van der Waals surface area contributed by atoms with Gasteiger partial charge in [0.2, 0.25) is 0 Å². The van der Waals surface area contributed by atoms with Gasteiger partial charge in [0.05, 0.1) is 5.69 Å². The molecule has 0 bridgehead atoms. The molecule has 1 saturated heterocycles. The lowest BCUT2D eigenvalue weighted by Crippen LogP contribution is -2.34. The van der Waals surface area contributed by atoms with Crippen LogP contribution in [-0.2, 0) is 19.1 Å². The number of ether oxygens (including phenoxy) is 2. The van der Waals surface area contributed by atoms with Crippen LogP contribution >= 0.6 is 15.9 Å². The van der Waals surface area contributed by atoms with Gasteiger partial charge in [-0.25, -0.2) is 9.18 Å². The molecule has 7 heteroatoms. The van der Waals surface area contributed by atoms with E-state index >= 15 is 0 Å². The van der Waals surface area contributed by atoms with Crippen LogP contribution in [0.2, 0.25) is 0 Å². The van der Waals surface area contributed by atoms with Crippen molar-refractivity contribution in [2.45, 2.75) is 32.0 Å². The first-order chi connectivity index (χ1) is 9.97. The molecular weight excluding hydrogens is 345 g/mol. The predicted octanol–water partition coefficient (Wildman–Crippen LogP) is 2.64. The molecule has 1 aromatic carbocycles. The Morgan fingerprint density at radius 3 is 2.90 bits per heavy atom. The third-order valence-electron chi connectivity index (χ3n) is 3.04. The summed E-state index contributed by atoms with van der Waals surface area (Å²) in [6.07, 6.45) is -0.242. The predicted molar refractivity (Wildman–Crippen MR) is 77.3 cm³/mol. The van der Waals surface area contributed by atoms with Crippen molar-refractivity contribution in [1.82, 2.24) is 0 Å². The number of hydrogen-bond acceptors (Lipinski definition) is 4. The number of anilines is 1. The smallest absolute Gasteiger partial charge is 0.336 e. The maximum Gasteiger partial charge on any atom is 0.336 e. The first kappa shape index (κ1) is 15.9. The van der Waals surface area contributed by atoms with Crippen LogP contribution in [0.25, 0.3) is 0 Å². The maximum atomic E-state index is 13.6. The van der Waals surface area contributed by atoms with Gasteiger partial charge in [0.15, 0.2) is 12.2 Å². The Balaban J connectivity index is 1.91. The van der Waals surface area contributed by atoms with Gasteiger partial charge in [0.25, 0.3) is 5.91 Å².